The second kappa shape index (κ2) is 13.8. The van der Waals surface area contributed by atoms with Crippen molar-refractivity contribution in [2.75, 3.05) is 16.0 Å². The van der Waals surface area contributed by atoms with Gasteiger partial charge in [0.2, 0.25) is 5.91 Å². The molecular formula is C37H37N9O3. The Morgan fingerprint density at radius 3 is 2.43 bits per heavy atom. The number of carbonyl (C=O) groups is 2. The van der Waals surface area contributed by atoms with Gasteiger partial charge >= 0.3 is 6.03 Å². The number of aromatic nitrogens is 5. The Kier molecular flexibility index (Phi) is 9.20. The van der Waals surface area contributed by atoms with Gasteiger partial charge < -0.3 is 21.1 Å². The van der Waals surface area contributed by atoms with Crippen LogP contribution in [0.4, 0.5) is 27.9 Å². The number of anilines is 4. The average molecular weight is 656 g/mol. The predicted molar refractivity (Wildman–Crippen MR) is 190 cm³/mol. The fourth-order valence-corrected chi connectivity index (χ4v) is 5.15. The van der Waals surface area contributed by atoms with Gasteiger partial charge in [-0.05, 0) is 48.9 Å². The number of ether oxygens (including phenoxy) is 1. The molecule has 0 fully saturated rings. The minimum Gasteiger partial charge on any atom is -0.488 e. The third kappa shape index (κ3) is 7.99. The number of fused-ring (bicyclic) bond motifs is 1. The van der Waals surface area contributed by atoms with Crippen LogP contribution in [0.2, 0.25) is 0 Å². The maximum absolute atomic E-state index is 13.4. The van der Waals surface area contributed by atoms with E-state index in [0.717, 1.165) is 33.3 Å². The zero-order valence-electron chi connectivity index (χ0n) is 27.7. The molecule has 3 heterocycles. The van der Waals surface area contributed by atoms with Gasteiger partial charge in [-0.2, -0.15) is 5.10 Å². The smallest absolute Gasteiger partial charge is 0.324 e. The van der Waals surface area contributed by atoms with E-state index < -0.39 is 11.9 Å². The largest absolute Gasteiger partial charge is 0.488 e. The lowest BCUT2D eigenvalue weighted by Crippen LogP contribution is -2.21. The zero-order valence-corrected chi connectivity index (χ0v) is 27.7. The van der Waals surface area contributed by atoms with E-state index in [1.54, 1.807) is 17.1 Å². The van der Waals surface area contributed by atoms with Crippen LogP contribution >= 0.6 is 0 Å². The summed E-state index contributed by atoms with van der Waals surface area (Å²) >= 11 is 0. The molecule has 49 heavy (non-hydrogen) atoms. The van der Waals surface area contributed by atoms with Crippen molar-refractivity contribution in [2.45, 2.75) is 46.1 Å². The van der Waals surface area contributed by atoms with Gasteiger partial charge in [0.1, 0.15) is 29.8 Å². The molecule has 0 saturated carbocycles. The first kappa shape index (κ1) is 32.6. The summed E-state index contributed by atoms with van der Waals surface area (Å²) in [7, 11) is 0. The Bertz CT molecular complexity index is 2140. The van der Waals surface area contributed by atoms with Crippen molar-refractivity contribution in [3.05, 3.63) is 120 Å². The topological polar surface area (TPSA) is 162 Å². The van der Waals surface area contributed by atoms with Crippen molar-refractivity contribution in [2.24, 2.45) is 5.73 Å². The van der Waals surface area contributed by atoms with E-state index in [4.69, 9.17) is 15.6 Å². The first-order valence-corrected chi connectivity index (χ1v) is 15.7. The normalized spacial score (nSPS) is 11.3. The first-order valence-electron chi connectivity index (χ1n) is 15.7. The van der Waals surface area contributed by atoms with E-state index in [1.807, 2.05) is 85.8 Å². The molecule has 5 N–H and O–H groups in total. The van der Waals surface area contributed by atoms with Crippen LogP contribution in [0.1, 0.15) is 43.3 Å². The highest BCUT2D eigenvalue weighted by atomic mass is 16.5. The van der Waals surface area contributed by atoms with Gasteiger partial charge in [0, 0.05) is 34.6 Å². The number of urea groups is 1. The van der Waals surface area contributed by atoms with Gasteiger partial charge in [-0.3, -0.25) is 15.1 Å². The Hall–Kier alpha value is -6.30. The van der Waals surface area contributed by atoms with Crippen LogP contribution in [0.15, 0.2) is 97.5 Å². The molecule has 0 unspecified atom stereocenters. The molecule has 0 aliphatic rings. The summed E-state index contributed by atoms with van der Waals surface area (Å²) < 4.78 is 8.02. The molecule has 12 heteroatoms. The van der Waals surface area contributed by atoms with Crippen molar-refractivity contribution < 1.29 is 14.3 Å². The molecule has 0 saturated heterocycles. The number of nitrogens with two attached hydrogens (primary N) is 1. The Morgan fingerprint density at radius 1 is 0.898 bits per heavy atom. The van der Waals surface area contributed by atoms with E-state index in [9.17, 15) is 9.59 Å². The highest BCUT2D eigenvalue weighted by Crippen LogP contribution is 2.33. The summed E-state index contributed by atoms with van der Waals surface area (Å²) in [5.74, 6) is 1.72. The SMILES string of the molecule is Cc1ccc(-n2nc(C(C)(C)C)cc2NC(=O)Nc2ccc(OCc3ccnc(Nc4cncc(CC(N)=O)n4)c3)c3ccccc23)cc1. The lowest BCUT2D eigenvalue weighted by Gasteiger charge is -2.15. The molecule has 3 aromatic heterocycles. The molecule has 0 bridgehead atoms. The molecule has 0 aliphatic carbocycles. The van der Waals surface area contributed by atoms with E-state index in [0.29, 0.717) is 34.6 Å². The van der Waals surface area contributed by atoms with Gasteiger partial charge in [-0.15, -0.1) is 0 Å². The van der Waals surface area contributed by atoms with Gasteiger partial charge in [0.05, 0.1) is 35.4 Å². The molecule has 0 aliphatic heterocycles. The van der Waals surface area contributed by atoms with E-state index >= 15 is 0 Å². The molecule has 3 aromatic carbocycles. The lowest BCUT2D eigenvalue weighted by molar-refractivity contribution is -0.117. The number of rotatable bonds is 10. The van der Waals surface area contributed by atoms with Gasteiger partial charge in [-0.25, -0.2) is 19.4 Å². The summed E-state index contributed by atoms with van der Waals surface area (Å²) in [4.78, 5) is 37.5. The molecule has 248 valence electrons. The number of aryl methyl sites for hydroxylation is 1. The molecule has 6 rings (SSSR count). The number of hydrogen-bond donors (Lipinski definition) is 4. The molecule has 0 spiro atoms. The third-order valence-corrected chi connectivity index (χ3v) is 7.64. The van der Waals surface area contributed by atoms with Crippen molar-refractivity contribution in [3.8, 4) is 11.4 Å². The predicted octanol–water partition coefficient (Wildman–Crippen LogP) is 6.81. The number of nitrogens with one attached hydrogen (secondary N) is 3. The summed E-state index contributed by atoms with van der Waals surface area (Å²) in [6.07, 6.45) is 4.70. The Balaban J connectivity index is 1.17. The summed E-state index contributed by atoms with van der Waals surface area (Å²) in [6.45, 7) is 8.55. The summed E-state index contributed by atoms with van der Waals surface area (Å²) in [5, 5.41) is 15.6. The van der Waals surface area contributed by atoms with Crippen molar-refractivity contribution in [1.29, 1.82) is 0 Å². The molecular weight excluding hydrogens is 618 g/mol. The van der Waals surface area contributed by atoms with Crippen LogP contribution in [-0.2, 0) is 23.2 Å². The molecule has 6 aromatic rings. The van der Waals surface area contributed by atoms with Crippen LogP contribution in [0.25, 0.3) is 16.5 Å². The summed E-state index contributed by atoms with van der Waals surface area (Å²) in [6, 6.07) is 24.6. The third-order valence-electron chi connectivity index (χ3n) is 7.64. The molecule has 12 nitrogen and oxygen atoms in total. The number of pyridine rings is 1. The molecule has 3 amide bonds. The van der Waals surface area contributed by atoms with Gasteiger partial charge in [-0.1, -0.05) is 62.7 Å². The lowest BCUT2D eigenvalue weighted by atomic mass is 9.92. The fourth-order valence-electron chi connectivity index (χ4n) is 5.15. The average Bonchev–Trinajstić information content (AvgIpc) is 3.49. The van der Waals surface area contributed by atoms with Crippen LogP contribution in [0, 0.1) is 6.92 Å². The van der Waals surface area contributed by atoms with Gasteiger partial charge in [0.15, 0.2) is 0 Å². The van der Waals surface area contributed by atoms with E-state index in [2.05, 4.69) is 51.7 Å². The number of amides is 3. The number of benzene rings is 3. The van der Waals surface area contributed by atoms with Crippen molar-refractivity contribution in [1.82, 2.24) is 24.7 Å². The number of carbonyl (C=O) groups excluding carboxylic acids is 2. The Labute approximate surface area is 283 Å². The van der Waals surface area contributed by atoms with Crippen LogP contribution in [0.3, 0.4) is 0 Å². The minimum absolute atomic E-state index is 0.00524. The zero-order chi connectivity index (χ0) is 34.5. The summed E-state index contributed by atoms with van der Waals surface area (Å²) in [5.41, 5.74) is 9.87. The van der Waals surface area contributed by atoms with Gasteiger partial charge in [0.25, 0.3) is 0 Å². The quantitative estimate of drug-likeness (QED) is 0.125. The Morgan fingerprint density at radius 2 is 1.67 bits per heavy atom. The first-order chi connectivity index (χ1) is 23.5. The standard InChI is InChI=1S/C37H37N9O3/c1-23-9-11-26(12-10-23)46-35(19-31(45-46)37(2,3)4)44-36(48)42-29-13-14-30(28-8-6-5-7-27(28)29)49-22-24-15-16-40-33(17-24)43-34-21-39-20-25(41-34)18-32(38)47/h5-17,19-21H,18,22H2,1-4H3,(H2,38,47)(H,40,41,43)(H2,42,44,48). The van der Waals surface area contributed by atoms with Crippen LogP contribution < -0.4 is 26.4 Å². The highest BCUT2D eigenvalue weighted by molar-refractivity contribution is 6.07. The molecule has 0 atom stereocenters. The highest BCUT2D eigenvalue weighted by Gasteiger charge is 2.22. The second-order valence-electron chi connectivity index (χ2n) is 12.6. The fraction of sp³-hybridized carbons (Fsp3) is 0.189. The van der Waals surface area contributed by atoms with Crippen LogP contribution in [-0.4, -0.2) is 36.7 Å². The van der Waals surface area contributed by atoms with E-state index in [1.165, 1.54) is 6.20 Å². The van der Waals surface area contributed by atoms with Crippen molar-refractivity contribution >= 4 is 45.9 Å². The maximum atomic E-state index is 13.4. The number of hydrogen-bond acceptors (Lipinski definition) is 8. The minimum atomic E-state index is -0.486. The molecule has 0 radical (unpaired) electrons. The second-order valence-corrected chi connectivity index (χ2v) is 12.6. The number of primary amides is 1. The van der Waals surface area contributed by atoms with Crippen molar-refractivity contribution in [3.63, 3.8) is 0 Å². The maximum Gasteiger partial charge on any atom is 0.324 e. The monoisotopic (exact) mass is 655 g/mol. The van der Waals surface area contributed by atoms with Crippen LogP contribution in [0.5, 0.6) is 5.75 Å². The number of nitrogens with zero attached hydrogens (tertiary/aromatic N) is 5. The van der Waals surface area contributed by atoms with E-state index in [-0.39, 0.29) is 18.4 Å².